The van der Waals surface area contributed by atoms with Gasteiger partial charge in [0.05, 0.1) is 30.8 Å². The summed E-state index contributed by atoms with van der Waals surface area (Å²) in [6.07, 6.45) is 9.04. The van der Waals surface area contributed by atoms with Crippen LogP contribution in [0.5, 0.6) is 0 Å². The maximum Gasteiger partial charge on any atom is 0.192 e. The van der Waals surface area contributed by atoms with Gasteiger partial charge in [0.15, 0.2) is 5.96 Å². The lowest BCUT2D eigenvalue weighted by molar-refractivity contribution is 0.323. The van der Waals surface area contributed by atoms with Gasteiger partial charge < -0.3 is 15.2 Å². The highest BCUT2D eigenvalue weighted by atomic mass is 15.4. The molecule has 2 heterocycles. The Hall–Kier alpha value is -1.52. The third-order valence-corrected chi connectivity index (χ3v) is 3.94. The first kappa shape index (κ1) is 9.50. The highest BCUT2D eigenvalue weighted by molar-refractivity contribution is 5.81. The molecule has 4 rings (SSSR count). The summed E-state index contributed by atoms with van der Waals surface area (Å²) in [5, 5.41) is 0. The second-order valence-electron chi connectivity index (χ2n) is 5.31. The molecule has 0 radical (unpaired) electrons. The van der Waals surface area contributed by atoms with E-state index in [4.69, 9.17) is 5.73 Å². The van der Waals surface area contributed by atoms with Crippen molar-refractivity contribution >= 4 is 5.96 Å². The van der Waals surface area contributed by atoms with Crippen molar-refractivity contribution in [1.29, 1.82) is 0 Å². The number of hydrogen-bond acceptors (Lipinski definition) is 4. The molecule has 1 atom stereocenters. The smallest absolute Gasteiger partial charge is 0.192 e. The first-order valence-electron chi connectivity index (χ1n) is 6.44. The summed E-state index contributed by atoms with van der Waals surface area (Å²) in [6, 6.07) is 1.62. The van der Waals surface area contributed by atoms with Crippen LogP contribution < -0.4 is 5.73 Å². The average molecular weight is 231 g/mol. The molecule has 17 heavy (non-hydrogen) atoms. The molecule has 1 unspecified atom stereocenters. The van der Waals surface area contributed by atoms with Gasteiger partial charge in [0.2, 0.25) is 0 Å². The van der Waals surface area contributed by atoms with Gasteiger partial charge in [-0.25, -0.2) is 4.98 Å². The number of imidazole rings is 1. The van der Waals surface area contributed by atoms with Gasteiger partial charge in [0, 0.05) is 12.1 Å². The Morgan fingerprint density at radius 2 is 1.94 bits per heavy atom. The molecular formula is C12H17N5. The van der Waals surface area contributed by atoms with Crippen molar-refractivity contribution in [2.45, 2.75) is 43.8 Å². The Bertz CT molecular complexity index is 469. The Labute approximate surface area is 100 Å². The molecule has 3 aliphatic rings. The maximum absolute atomic E-state index is 6.00. The van der Waals surface area contributed by atoms with E-state index in [-0.39, 0.29) is 0 Å². The van der Waals surface area contributed by atoms with E-state index in [0.717, 1.165) is 12.5 Å². The molecule has 90 valence electrons. The minimum atomic E-state index is 0.325. The van der Waals surface area contributed by atoms with Gasteiger partial charge in [-0.2, -0.15) is 0 Å². The van der Waals surface area contributed by atoms with Crippen LogP contribution in [0, 0.1) is 0 Å². The van der Waals surface area contributed by atoms with Crippen molar-refractivity contribution in [3.05, 3.63) is 18.2 Å². The number of nitrogens with zero attached hydrogens (tertiary/aromatic N) is 4. The summed E-state index contributed by atoms with van der Waals surface area (Å²) in [5.74, 6) is 0.723. The highest BCUT2D eigenvalue weighted by Gasteiger charge is 2.41. The second-order valence-corrected chi connectivity index (χ2v) is 5.31. The Kier molecular flexibility index (Phi) is 1.81. The van der Waals surface area contributed by atoms with E-state index in [1.807, 2.05) is 12.5 Å². The molecule has 0 aromatic carbocycles. The van der Waals surface area contributed by atoms with Crippen LogP contribution in [0.4, 0.5) is 0 Å². The van der Waals surface area contributed by atoms with Crippen LogP contribution in [0.3, 0.4) is 0 Å². The number of nitrogens with two attached hydrogens (primary N) is 1. The van der Waals surface area contributed by atoms with Crippen LogP contribution in [0.1, 0.15) is 43.5 Å². The first-order valence-corrected chi connectivity index (χ1v) is 6.44. The molecule has 0 saturated heterocycles. The van der Waals surface area contributed by atoms with Crippen LogP contribution in [0.25, 0.3) is 0 Å². The maximum atomic E-state index is 6.00. The van der Waals surface area contributed by atoms with Crippen LogP contribution in [0.2, 0.25) is 0 Å². The lowest BCUT2D eigenvalue weighted by atomic mass is 10.2. The van der Waals surface area contributed by atoms with Crippen LogP contribution >= 0.6 is 0 Å². The highest BCUT2D eigenvalue weighted by Crippen LogP contribution is 2.41. The summed E-state index contributed by atoms with van der Waals surface area (Å²) in [4.78, 5) is 11.0. The predicted molar refractivity (Wildman–Crippen MR) is 64.6 cm³/mol. The lowest BCUT2D eigenvalue weighted by Gasteiger charge is -2.26. The summed E-state index contributed by atoms with van der Waals surface area (Å²) in [5.41, 5.74) is 7.30. The van der Waals surface area contributed by atoms with Gasteiger partial charge in [-0.15, -0.1) is 0 Å². The molecule has 5 heteroatoms. The van der Waals surface area contributed by atoms with Crippen molar-refractivity contribution in [2.75, 3.05) is 6.54 Å². The van der Waals surface area contributed by atoms with E-state index >= 15 is 0 Å². The molecule has 0 spiro atoms. The van der Waals surface area contributed by atoms with Gasteiger partial charge in [0.1, 0.15) is 0 Å². The van der Waals surface area contributed by atoms with E-state index in [2.05, 4.69) is 19.4 Å². The minimum Gasteiger partial charge on any atom is -0.370 e. The quantitative estimate of drug-likeness (QED) is 0.846. The topological polar surface area (TPSA) is 59.4 Å². The molecule has 1 aromatic heterocycles. The van der Waals surface area contributed by atoms with Crippen molar-refractivity contribution in [1.82, 2.24) is 14.5 Å². The molecule has 1 aromatic rings. The third kappa shape index (κ3) is 1.45. The number of rotatable bonds is 3. The zero-order valence-electron chi connectivity index (χ0n) is 9.79. The zero-order valence-corrected chi connectivity index (χ0v) is 9.79. The first-order chi connectivity index (χ1) is 8.34. The SMILES string of the molecule is NC1=NCC(c2cncn2C2CC2)N1C1CC1. The standard InChI is InChI=1S/C12H17N5/c13-12-15-6-11(17(12)9-3-4-9)10-5-14-7-16(10)8-1-2-8/h5,7-9,11H,1-4,6H2,(H2,13,15). The Morgan fingerprint density at radius 3 is 2.65 bits per heavy atom. The Morgan fingerprint density at radius 1 is 1.18 bits per heavy atom. The fraction of sp³-hybridized carbons (Fsp3) is 0.667. The molecule has 2 aliphatic carbocycles. The van der Waals surface area contributed by atoms with Gasteiger partial charge in [0.25, 0.3) is 0 Å². The van der Waals surface area contributed by atoms with Crippen molar-refractivity contribution in [3.63, 3.8) is 0 Å². The van der Waals surface area contributed by atoms with Gasteiger partial charge in [-0.1, -0.05) is 0 Å². The summed E-state index contributed by atoms with van der Waals surface area (Å²) < 4.78 is 2.33. The minimum absolute atomic E-state index is 0.325. The summed E-state index contributed by atoms with van der Waals surface area (Å²) >= 11 is 0. The van der Waals surface area contributed by atoms with Crippen LogP contribution in [-0.4, -0.2) is 33.0 Å². The molecule has 2 N–H and O–H groups in total. The fourth-order valence-corrected chi connectivity index (χ4v) is 2.77. The monoisotopic (exact) mass is 231 g/mol. The van der Waals surface area contributed by atoms with Crippen LogP contribution in [0.15, 0.2) is 17.5 Å². The normalized spacial score (nSPS) is 28.6. The van der Waals surface area contributed by atoms with Crippen molar-refractivity contribution in [3.8, 4) is 0 Å². The number of hydrogen-bond donors (Lipinski definition) is 1. The Balaban J connectivity index is 1.67. The van der Waals surface area contributed by atoms with E-state index < -0.39 is 0 Å². The van der Waals surface area contributed by atoms with E-state index in [9.17, 15) is 0 Å². The lowest BCUT2D eigenvalue weighted by Crippen LogP contribution is -2.38. The molecule has 0 bridgehead atoms. The van der Waals surface area contributed by atoms with E-state index in [0.29, 0.717) is 18.1 Å². The van der Waals surface area contributed by atoms with Crippen LogP contribution in [-0.2, 0) is 0 Å². The predicted octanol–water partition coefficient (Wildman–Crippen LogP) is 1.05. The number of guanidine groups is 1. The zero-order chi connectivity index (χ0) is 11.4. The van der Waals surface area contributed by atoms with E-state index in [1.54, 1.807) is 0 Å². The number of aliphatic imine (C=N–C) groups is 1. The third-order valence-electron chi connectivity index (χ3n) is 3.94. The molecule has 2 saturated carbocycles. The number of aromatic nitrogens is 2. The average Bonchev–Trinajstić information content (AvgIpc) is 3.25. The molecule has 1 aliphatic heterocycles. The molecule has 5 nitrogen and oxygen atoms in total. The van der Waals surface area contributed by atoms with Crippen molar-refractivity contribution in [2.24, 2.45) is 10.7 Å². The van der Waals surface area contributed by atoms with Gasteiger partial charge >= 0.3 is 0 Å². The van der Waals surface area contributed by atoms with Gasteiger partial charge in [-0.3, -0.25) is 4.99 Å². The molecule has 2 fully saturated rings. The fourth-order valence-electron chi connectivity index (χ4n) is 2.77. The second kappa shape index (κ2) is 3.24. The molecular weight excluding hydrogens is 214 g/mol. The summed E-state index contributed by atoms with van der Waals surface area (Å²) in [6.45, 7) is 0.792. The largest absolute Gasteiger partial charge is 0.370 e. The summed E-state index contributed by atoms with van der Waals surface area (Å²) in [7, 11) is 0. The molecule has 0 amide bonds. The van der Waals surface area contributed by atoms with Crippen molar-refractivity contribution < 1.29 is 0 Å². The van der Waals surface area contributed by atoms with E-state index in [1.165, 1.54) is 31.4 Å². The van der Waals surface area contributed by atoms with Gasteiger partial charge in [-0.05, 0) is 25.7 Å².